The fourth-order valence-corrected chi connectivity index (χ4v) is 2.45. The molecule has 1 heterocycles. The summed E-state index contributed by atoms with van der Waals surface area (Å²) in [4.78, 5) is 0. The fraction of sp³-hybridized carbons (Fsp3) is 0.308. The van der Waals surface area contributed by atoms with Crippen molar-refractivity contribution in [2.75, 3.05) is 0 Å². The second-order valence-corrected chi connectivity index (χ2v) is 5.27. The molecule has 2 aromatic rings. The van der Waals surface area contributed by atoms with Crippen molar-refractivity contribution in [3.8, 4) is 5.69 Å². The Hall–Kier alpha value is -1.03. The van der Waals surface area contributed by atoms with Crippen LogP contribution in [-0.4, -0.2) is 14.9 Å². The van der Waals surface area contributed by atoms with Gasteiger partial charge >= 0.3 is 0 Å². The lowest BCUT2D eigenvalue weighted by Crippen LogP contribution is -1.96. The van der Waals surface area contributed by atoms with Crippen LogP contribution < -0.4 is 0 Å². The molecule has 5 heteroatoms. The summed E-state index contributed by atoms with van der Waals surface area (Å²) < 4.78 is 1.66. The van der Waals surface area contributed by atoms with E-state index in [1.54, 1.807) is 16.8 Å². The van der Waals surface area contributed by atoms with Gasteiger partial charge in [0.15, 0.2) is 0 Å². The zero-order chi connectivity index (χ0) is 12.7. The van der Waals surface area contributed by atoms with Crippen molar-refractivity contribution in [2.45, 2.75) is 25.4 Å². The van der Waals surface area contributed by atoms with Crippen molar-refractivity contribution < 1.29 is 5.11 Å². The zero-order valence-electron chi connectivity index (χ0n) is 9.61. The van der Waals surface area contributed by atoms with E-state index in [1.807, 2.05) is 12.1 Å². The average Bonchev–Trinajstić information content (AvgIpc) is 3.15. The second kappa shape index (κ2) is 4.57. The highest BCUT2D eigenvalue weighted by Crippen LogP contribution is 2.43. The molecule has 0 saturated heterocycles. The number of nitrogens with zero attached hydrogens (tertiary/aromatic N) is 2. The maximum Gasteiger partial charge on any atom is 0.138 e. The summed E-state index contributed by atoms with van der Waals surface area (Å²) in [6, 6.07) is 7.31. The maximum absolute atomic E-state index is 9.42. The molecule has 94 valence electrons. The molecule has 0 unspecified atom stereocenters. The minimum absolute atomic E-state index is 0.0712. The predicted molar refractivity (Wildman–Crippen MR) is 71.5 cm³/mol. The lowest BCUT2D eigenvalue weighted by Gasteiger charge is -2.03. The highest BCUT2D eigenvalue weighted by molar-refractivity contribution is 6.31. The van der Waals surface area contributed by atoms with Crippen molar-refractivity contribution in [1.29, 1.82) is 0 Å². The van der Waals surface area contributed by atoms with E-state index >= 15 is 0 Å². The molecule has 0 atom stereocenters. The molecule has 0 spiro atoms. The van der Waals surface area contributed by atoms with Gasteiger partial charge in [0.2, 0.25) is 0 Å². The summed E-state index contributed by atoms with van der Waals surface area (Å²) >= 11 is 12.1. The van der Waals surface area contributed by atoms with E-state index in [-0.39, 0.29) is 6.61 Å². The van der Waals surface area contributed by atoms with E-state index in [0.717, 1.165) is 29.8 Å². The summed E-state index contributed by atoms with van der Waals surface area (Å²) in [5.41, 5.74) is 2.53. The molecule has 3 nitrogen and oxygen atoms in total. The van der Waals surface area contributed by atoms with Crippen LogP contribution in [-0.2, 0) is 6.61 Å². The predicted octanol–water partition coefficient (Wildman–Crippen LogP) is 3.55. The Labute approximate surface area is 115 Å². The first-order valence-corrected chi connectivity index (χ1v) is 6.60. The Balaban J connectivity index is 2.08. The number of benzene rings is 1. The maximum atomic E-state index is 9.42. The first kappa shape index (κ1) is 12.0. The molecule has 0 amide bonds. The Morgan fingerprint density at radius 2 is 1.89 bits per heavy atom. The molecule has 1 aliphatic rings. The van der Waals surface area contributed by atoms with Crippen LogP contribution >= 0.6 is 23.2 Å². The van der Waals surface area contributed by atoms with E-state index in [9.17, 15) is 5.11 Å². The molecular weight excluding hydrogens is 271 g/mol. The van der Waals surface area contributed by atoms with Crippen LogP contribution in [0.3, 0.4) is 0 Å². The molecule has 1 aromatic heterocycles. The minimum atomic E-state index is -0.0712. The van der Waals surface area contributed by atoms with Crippen LogP contribution in [0.4, 0.5) is 0 Å². The molecule has 1 N–H and O–H groups in total. The van der Waals surface area contributed by atoms with Crippen molar-refractivity contribution >= 4 is 23.2 Å². The molecule has 0 radical (unpaired) electrons. The third kappa shape index (κ3) is 2.03. The van der Waals surface area contributed by atoms with Gasteiger partial charge in [-0.2, -0.15) is 5.10 Å². The van der Waals surface area contributed by atoms with Gasteiger partial charge in [-0.25, -0.2) is 4.68 Å². The van der Waals surface area contributed by atoms with Crippen LogP contribution in [0.2, 0.25) is 10.2 Å². The molecular formula is C13H12Cl2N2O. The van der Waals surface area contributed by atoms with Crippen molar-refractivity contribution in [2.24, 2.45) is 0 Å². The van der Waals surface area contributed by atoms with Crippen LogP contribution in [0.15, 0.2) is 24.3 Å². The molecule has 3 rings (SSSR count). The third-order valence-corrected chi connectivity index (χ3v) is 3.79. The Kier molecular flexibility index (Phi) is 3.06. The van der Waals surface area contributed by atoms with Gasteiger partial charge in [0.05, 0.1) is 18.0 Å². The fourth-order valence-electron chi connectivity index (χ4n) is 2.03. The minimum Gasteiger partial charge on any atom is -0.391 e. The molecule has 1 aliphatic carbocycles. The van der Waals surface area contributed by atoms with Crippen LogP contribution in [0, 0.1) is 0 Å². The van der Waals surface area contributed by atoms with E-state index in [1.165, 1.54) is 0 Å². The standard InChI is InChI=1S/C13H12Cl2N2O/c14-9-3-5-10(6-4-9)17-13(15)11(7-18)12(16-17)8-1-2-8/h3-6,8,18H,1-2,7H2. The number of aromatic nitrogens is 2. The summed E-state index contributed by atoms with van der Waals surface area (Å²) in [5, 5.41) is 15.1. The number of rotatable bonds is 3. The summed E-state index contributed by atoms with van der Waals surface area (Å²) in [6.45, 7) is -0.0712. The lowest BCUT2D eigenvalue weighted by atomic mass is 10.2. The zero-order valence-corrected chi connectivity index (χ0v) is 11.1. The van der Waals surface area contributed by atoms with E-state index in [0.29, 0.717) is 16.1 Å². The van der Waals surface area contributed by atoms with Gasteiger partial charge in [0.25, 0.3) is 0 Å². The first-order valence-electron chi connectivity index (χ1n) is 5.85. The van der Waals surface area contributed by atoms with Gasteiger partial charge in [-0.1, -0.05) is 23.2 Å². The van der Waals surface area contributed by atoms with Crippen LogP contribution in [0.5, 0.6) is 0 Å². The highest BCUT2D eigenvalue weighted by atomic mass is 35.5. The molecule has 18 heavy (non-hydrogen) atoms. The topological polar surface area (TPSA) is 38.1 Å². The monoisotopic (exact) mass is 282 g/mol. The molecule has 0 aliphatic heterocycles. The molecule has 0 bridgehead atoms. The quantitative estimate of drug-likeness (QED) is 0.935. The molecule has 1 saturated carbocycles. The van der Waals surface area contributed by atoms with Crippen molar-refractivity contribution in [3.05, 3.63) is 45.7 Å². The Morgan fingerprint density at radius 1 is 1.22 bits per heavy atom. The number of aliphatic hydroxyl groups excluding tert-OH is 1. The Bertz CT molecular complexity index is 573. The first-order chi connectivity index (χ1) is 8.70. The van der Waals surface area contributed by atoms with Gasteiger partial charge in [0, 0.05) is 16.5 Å². The van der Waals surface area contributed by atoms with E-state index in [4.69, 9.17) is 23.2 Å². The largest absolute Gasteiger partial charge is 0.391 e. The lowest BCUT2D eigenvalue weighted by molar-refractivity contribution is 0.280. The van der Waals surface area contributed by atoms with Gasteiger partial charge in [-0.05, 0) is 37.1 Å². The molecule has 1 fully saturated rings. The smallest absolute Gasteiger partial charge is 0.138 e. The summed E-state index contributed by atoms with van der Waals surface area (Å²) in [7, 11) is 0. The van der Waals surface area contributed by atoms with Gasteiger partial charge in [-0.15, -0.1) is 0 Å². The van der Waals surface area contributed by atoms with Crippen molar-refractivity contribution in [3.63, 3.8) is 0 Å². The number of hydrogen-bond acceptors (Lipinski definition) is 2. The average molecular weight is 283 g/mol. The number of hydrogen-bond donors (Lipinski definition) is 1. The normalized spacial score (nSPS) is 15.1. The third-order valence-electron chi connectivity index (χ3n) is 3.15. The molecule has 1 aromatic carbocycles. The van der Waals surface area contributed by atoms with Gasteiger partial charge in [-0.3, -0.25) is 0 Å². The second-order valence-electron chi connectivity index (χ2n) is 4.48. The van der Waals surface area contributed by atoms with Crippen molar-refractivity contribution in [1.82, 2.24) is 9.78 Å². The number of aliphatic hydroxyl groups is 1. The van der Waals surface area contributed by atoms with Crippen LogP contribution in [0.1, 0.15) is 30.0 Å². The Morgan fingerprint density at radius 3 is 2.44 bits per heavy atom. The number of halogens is 2. The van der Waals surface area contributed by atoms with E-state index < -0.39 is 0 Å². The highest BCUT2D eigenvalue weighted by Gasteiger charge is 2.31. The SMILES string of the molecule is OCc1c(C2CC2)nn(-c2ccc(Cl)cc2)c1Cl. The summed E-state index contributed by atoms with van der Waals surface area (Å²) in [5.74, 6) is 0.457. The van der Waals surface area contributed by atoms with Gasteiger partial charge in [0.1, 0.15) is 5.15 Å². The van der Waals surface area contributed by atoms with Crippen LogP contribution in [0.25, 0.3) is 5.69 Å². The van der Waals surface area contributed by atoms with Gasteiger partial charge < -0.3 is 5.11 Å². The van der Waals surface area contributed by atoms with E-state index in [2.05, 4.69) is 5.10 Å². The summed E-state index contributed by atoms with van der Waals surface area (Å²) in [6.07, 6.45) is 2.25.